The highest BCUT2D eigenvalue weighted by Crippen LogP contribution is 2.34. The van der Waals surface area contributed by atoms with Gasteiger partial charge < -0.3 is 50.4 Å². The molecule has 0 unspecified atom stereocenters. The van der Waals surface area contributed by atoms with Gasteiger partial charge in [0, 0.05) is 13.0 Å². The lowest BCUT2D eigenvalue weighted by molar-refractivity contribution is -0.314. The minimum Gasteiger partial charge on any atom is -0.481 e. The van der Waals surface area contributed by atoms with Crippen molar-refractivity contribution in [1.82, 2.24) is 10.6 Å². The van der Waals surface area contributed by atoms with E-state index in [1.807, 2.05) is 0 Å². The molecule has 2 aromatic carbocycles. The second kappa shape index (κ2) is 15.3. The van der Waals surface area contributed by atoms with Crippen LogP contribution in [0.1, 0.15) is 17.5 Å². The number of aliphatic hydroxyl groups is 4. The Kier molecular flexibility index (Phi) is 11.8. The zero-order valence-electron chi connectivity index (χ0n) is 22.6. The molecule has 226 valence electrons. The number of carboxylic acid groups (broad SMARTS) is 1. The molecule has 0 bridgehead atoms. The van der Waals surface area contributed by atoms with Gasteiger partial charge in [-0.15, -0.1) is 6.42 Å². The summed E-state index contributed by atoms with van der Waals surface area (Å²) >= 11 is 0. The minimum absolute atomic E-state index is 0.0679. The monoisotopic (exact) mass is 586 g/mol. The summed E-state index contributed by atoms with van der Waals surface area (Å²) in [5.74, 6) is -2.64. The van der Waals surface area contributed by atoms with Gasteiger partial charge in [-0.25, -0.2) is 4.79 Å². The van der Waals surface area contributed by atoms with Crippen molar-refractivity contribution in [3.63, 3.8) is 0 Å². The summed E-state index contributed by atoms with van der Waals surface area (Å²) in [4.78, 5) is 36.7. The van der Waals surface area contributed by atoms with E-state index in [9.17, 15) is 39.9 Å². The third-order valence-corrected chi connectivity index (χ3v) is 6.53. The number of terminal acetylenes is 1. The SMILES string of the molecule is C#CCOc1ccc(CC(=O)NC[C@@H](O)[C@@H](O)[C@@H]2O[C@@](OCc3ccccc3)(C(=O)O)C[C@H](O)[C@H]2NC(=O)CO)cc1. The number of ether oxygens (including phenoxy) is 3. The smallest absolute Gasteiger partial charge is 0.364 e. The summed E-state index contributed by atoms with van der Waals surface area (Å²) in [7, 11) is 0. The van der Waals surface area contributed by atoms with E-state index in [1.165, 1.54) is 0 Å². The first-order valence-electron chi connectivity index (χ1n) is 13.0. The third kappa shape index (κ3) is 8.73. The Morgan fingerprint density at radius 2 is 1.76 bits per heavy atom. The van der Waals surface area contributed by atoms with Gasteiger partial charge in [0.1, 0.15) is 31.2 Å². The van der Waals surface area contributed by atoms with E-state index in [1.54, 1.807) is 54.6 Å². The van der Waals surface area contributed by atoms with Crippen LogP contribution < -0.4 is 15.4 Å². The topological polar surface area (TPSA) is 204 Å². The number of hydrogen-bond donors (Lipinski definition) is 7. The lowest BCUT2D eigenvalue weighted by Crippen LogP contribution is -2.68. The van der Waals surface area contributed by atoms with Crippen molar-refractivity contribution in [3.8, 4) is 18.1 Å². The lowest BCUT2D eigenvalue weighted by atomic mass is 9.88. The number of rotatable bonds is 14. The molecule has 0 spiro atoms. The molecule has 1 aliphatic heterocycles. The number of carbonyl (C=O) groups is 3. The van der Waals surface area contributed by atoms with Crippen molar-refractivity contribution in [2.75, 3.05) is 19.8 Å². The molecule has 1 heterocycles. The number of carbonyl (C=O) groups excluding carboxylic acids is 2. The first-order chi connectivity index (χ1) is 20.1. The van der Waals surface area contributed by atoms with Crippen molar-refractivity contribution in [2.45, 2.75) is 55.7 Å². The van der Waals surface area contributed by atoms with Crippen molar-refractivity contribution in [2.24, 2.45) is 0 Å². The number of aliphatic hydroxyl groups excluding tert-OH is 4. The molecule has 0 radical (unpaired) electrons. The second-order valence-corrected chi connectivity index (χ2v) is 9.61. The number of carboxylic acids is 1. The molecule has 13 heteroatoms. The first-order valence-corrected chi connectivity index (χ1v) is 13.0. The number of amides is 2. The Bertz CT molecular complexity index is 1230. The number of nitrogens with one attached hydrogen (secondary N) is 2. The van der Waals surface area contributed by atoms with Crippen LogP contribution in [0.3, 0.4) is 0 Å². The molecular weight excluding hydrogens is 552 g/mol. The van der Waals surface area contributed by atoms with Crippen LogP contribution in [-0.4, -0.2) is 99.3 Å². The molecule has 7 N–H and O–H groups in total. The fourth-order valence-corrected chi connectivity index (χ4v) is 4.36. The van der Waals surface area contributed by atoms with Crippen molar-refractivity contribution < 1.29 is 54.1 Å². The Morgan fingerprint density at radius 1 is 1.07 bits per heavy atom. The van der Waals surface area contributed by atoms with Gasteiger partial charge in [-0.3, -0.25) is 9.59 Å². The summed E-state index contributed by atoms with van der Waals surface area (Å²) in [5, 5.41) is 56.5. The van der Waals surface area contributed by atoms with Gasteiger partial charge in [0.25, 0.3) is 5.79 Å². The van der Waals surface area contributed by atoms with Gasteiger partial charge in [-0.1, -0.05) is 48.4 Å². The number of benzene rings is 2. The molecule has 1 saturated heterocycles. The average molecular weight is 587 g/mol. The average Bonchev–Trinajstić information content (AvgIpc) is 2.99. The van der Waals surface area contributed by atoms with E-state index in [2.05, 4.69) is 16.6 Å². The quantitative estimate of drug-likeness (QED) is 0.130. The van der Waals surface area contributed by atoms with Crippen LogP contribution in [0.2, 0.25) is 0 Å². The van der Waals surface area contributed by atoms with Gasteiger partial charge >= 0.3 is 5.97 Å². The Labute approximate surface area is 242 Å². The van der Waals surface area contributed by atoms with Crippen LogP contribution in [-0.2, 0) is 36.9 Å². The molecule has 1 fully saturated rings. The Hall–Kier alpha value is -4.03. The maximum atomic E-state index is 12.5. The highest BCUT2D eigenvalue weighted by atomic mass is 16.7. The predicted molar refractivity (Wildman–Crippen MR) is 146 cm³/mol. The van der Waals surface area contributed by atoms with E-state index in [0.29, 0.717) is 16.9 Å². The second-order valence-electron chi connectivity index (χ2n) is 9.61. The number of hydrogen-bond acceptors (Lipinski definition) is 10. The van der Waals surface area contributed by atoms with Crippen LogP contribution in [0, 0.1) is 12.3 Å². The highest BCUT2D eigenvalue weighted by molar-refractivity contribution is 5.79. The highest BCUT2D eigenvalue weighted by Gasteiger charge is 2.55. The van der Waals surface area contributed by atoms with Crippen LogP contribution >= 0.6 is 0 Å². The molecule has 42 heavy (non-hydrogen) atoms. The number of aliphatic carboxylic acids is 1. The maximum Gasteiger partial charge on any atom is 0.364 e. The van der Waals surface area contributed by atoms with Crippen LogP contribution in [0.15, 0.2) is 54.6 Å². The maximum absolute atomic E-state index is 12.5. The van der Waals surface area contributed by atoms with Crippen LogP contribution in [0.25, 0.3) is 0 Å². The lowest BCUT2D eigenvalue weighted by Gasteiger charge is -2.46. The zero-order valence-corrected chi connectivity index (χ0v) is 22.6. The molecule has 0 saturated carbocycles. The first kappa shape index (κ1) is 32.5. The largest absolute Gasteiger partial charge is 0.481 e. The molecule has 13 nitrogen and oxygen atoms in total. The van der Waals surface area contributed by atoms with Crippen LogP contribution in [0.5, 0.6) is 5.75 Å². The van der Waals surface area contributed by atoms with E-state index in [0.717, 1.165) is 0 Å². The summed E-state index contributed by atoms with van der Waals surface area (Å²) in [5.41, 5.74) is 1.23. The molecule has 6 atom stereocenters. The molecule has 0 aliphatic carbocycles. The third-order valence-electron chi connectivity index (χ3n) is 6.53. The van der Waals surface area contributed by atoms with E-state index < -0.39 is 73.6 Å². The molecule has 1 aliphatic rings. The Morgan fingerprint density at radius 3 is 2.38 bits per heavy atom. The molecule has 2 amide bonds. The molecule has 2 aromatic rings. The minimum atomic E-state index is -2.46. The summed E-state index contributed by atoms with van der Waals surface area (Å²) < 4.78 is 16.6. The Balaban J connectivity index is 1.70. The summed E-state index contributed by atoms with van der Waals surface area (Å²) in [6, 6.07) is 13.7. The van der Waals surface area contributed by atoms with Gasteiger partial charge in [0.2, 0.25) is 11.8 Å². The fraction of sp³-hybridized carbons (Fsp3) is 0.414. The van der Waals surface area contributed by atoms with Gasteiger partial charge in [0.15, 0.2) is 0 Å². The predicted octanol–water partition coefficient (Wildman–Crippen LogP) is -1.30. The van der Waals surface area contributed by atoms with E-state index in [4.69, 9.17) is 20.6 Å². The van der Waals surface area contributed by atoms with Crippen molar-refractivity contribution >= 4 is 17.8 Å². The fourth-order valence-electron chi connectivity index (χ4n) is 4.36. The normalized spacial score (nSPS) is 23.2. The van der Waals surface area contributed by atoms with Gasteiger partial charge in [-0.2, -0.15) is 0 Å². The summed E-state index contributed by atoms with van der Waals surface area (Å²) in [6.45, 7) is -1.58. The molecule has 0 aromatic heterocycles. The molecule has 3 rings (SSSR count). The van der Waals surface area contributed by atoms with Crippen molar-refractivity contribution in [1.29, 1.82) is 0 Å². The van der Waals surface area contributed by atoms with Gasteiger partial charge in [-0.05, 0) is 23.3 Å². The van der Waals surface area contributed by atoms with Gasteiger partial charge in [0.05, 0.1) is 31.3 Å². The summed E-state index contributed by atoms with van der Waals surface area (Å²) in [6.07, 6.45) is -2.55. The standard InChI is InChI=1S/C29H34N2O11/c1-2-12-40-20-10-8-18(9-11-20)13-23(35)30-15-22(34)26(37)27-25(31-24(36)16-32)21(33)14-29(42-27,28(38)39)41-17-19-6-4-3-5-7-19/h1,3-11,21-22,25-27,32-34,37H,12-17H2,(H,30,35)(H,31,36)(H,38,39)/t21-,22+,25+,26+,27+,29+/m0/s1. The van der Waals surface area contributed by atoms with E-state index >= 15 is 0 Å². The molecular formula is C29H34N2O11. The van der Waals surface area contributed by atoms with Crippen LogP contribution in [0.4, 0.5) is 0 Å². The van der Waals surface area contributed by atoms with E-state index in [-0.39, 0.29) is 19.6 Å². The van der Waals surface area contributed by atoms with Crippen molar-refractivity contribution in [3.05, 3.63) is 65.7 Å². The zero-order chi connectivity index (χ0) is 30.7.